The predicted molar refractivity (Wildman–Crippen MR) is 151 cm³/mol. The fourth-order valence-corrected chi connectivity index (χ4v) is 6.31. The highest BCUT2D eigenvalue weighted by atomic mass is 79.9. The molecule has 0 spiro atoms. The van der Waals surface area contributed by atoms with Gasteiger partial charge in [-0.2, -0.15) is 5.10 Å². The summed E-state index contributed by atoms with van der Waals surface area (Å²) in [5, 5.41) is 14.6. The topological polar surface area (TPSA) is 82.8 Å². The van der Waals surface area contributed by atoms with Crippen molar-refractivity contribution in [1.82, 2.24) is 9.78 Å². The van der Waals surface area contributed by atoms with Crippen molar-refractivity contribution in [3.05, 3.63) is 40.5 Å². The summed E-state index contributed by atoms with van der Waals surface area (Å²) in [6.07, 6.45) is 5.32. The van der Waals surface area contributed by atoms with Gasteiger partial charge in [-0.15, -0.1) is 0 Å². The number of carboxylic acid groups (broad SMARTS) is 1. The number of nitrogens with zero attached hydrogens (tertiary/aromatic N) is 2. The molecule has 38 heavy (non-hydrogen) atoms. The van der Waals surface area contributed by atoms with Crippen LogP contribution < -0.4 is 0 Å². The van der Waals surface area contributed by atoms with Gasteiger partial charge in [0.1, 0.15) is 5.69 Å². The first kappa shape index (κ1) is 29.2. The van der Waals surface area contributed by atoms with Gasteiger partial charge in [0.2, 0.25) is 0 Å². The summed E-state index contributed by atoms with van der Waals surface area (Å²) >= 11 is 3.89. The Morgan fingerprint density at radius 2 is 1.84 bits per heavy atom. The summed E-state index contributed by atoms with van der Waals surface area (Å²) in [7, 11) is 0. The van der Waals surface area contributed by atoms with Gasteiger partial charge >= 0.3 is 5.97 Å². The van der Waals surface area contributed by atoms with Crippen LogP contribution in [0.15, 0.2) is 34.8 Å². The summed E-state index contributed by atoms with van der Waals surface area (Å²) in [4.78, 5) is 11.7. The standard InChI is InChI=1S/C30H43BrN2O5/c1-29(2,3)27(28(34)35)36-18-21-13-11-20(12-14-21)17-33-24(16-15-23-19-37-30(4,5)38-23)25(31)26(32-33)22-9-7-6-8-10-22/h6-10,20-21,23,27H,11-19H2,1-5H3,(H,34,35). The van der Waals surface area contributed by atoms with Gasteiger partial charge in [-0.05, 0) is 85.6 Å². The Morgan fingerprint density at radius 1 is 1.18 bits per heavy atom. The number of ether oxygens (including phenoxy) is 3. The highest BCUT2D eigenvalue weighted by molar-refractivity contribution is 9.10. The van der Waals surface area contributed by atoms with Gasteiger partial charge in [0.25, 0.3) is 0 Å². The van der Waals surface area contributed by atoms with Gasteiger partial charge in [-0.3, -0.25) is 4.68 Å². The average molecular weight is 592 g/mol. The van der Waals surface area contributed by atoms with Gasteiger partial charge in [0.05, 0.1) is 29.5 Å². The molecule has 1 saturated carbocycles. The quantitative estimate of drug-likeness (QED) is 0.331. The Balaban J connectivity index is 1.40. The van der Waals surface area contributed by atoms with E-state index in [0.29, 0.717) is 25.0 Å². The summed E-state index contributed by atoms with van der Waals surface area (Å²) in [6, 6.07) is 10.3. The minimum Gasteiger partial charge on any atom is -0.479 e. The molecule has 1 aliphatic heterocycles. The van der Waals surface area contributed by atoms with E-state index < -0.39 is 23.3 Å². The van der Waals surface area contributed by atoms with E-state index in [9.17, 15) is 9.90 Å². The van der Waals surface area contributed by atoms with Gasteiger partial charge < -0.3 is 19.3 Å². The molecule has 0 radical (unpaired) electrons. The third-order valence-corrected chi connectivity index (χ3v) is 8.55. The van der Waals surface area contributed by atoms with Crippen molar-refractivity contribution in [2.75, 3.05) is 13.2 Å². The molecule has 1 aliphatic carbocycles. The van der Waals surface area contributed by atoms with E-state index >= 15 is 0 Å². The normalized spacial score (nSPS) is 24.4. The first-order valence-corrected chi connectivity index (χ1v) is 14.7. The van der Waals surface area contributed by atoms with Crippen LogP contribution in [0.2, 0.25) is 0 Å². The van der Waals surface area contributed by atoms with E-state index in [-0.39, 0.29) is 6.10 Å². The molecule has 210 valence electrons. The van der Waals surface area contributed by atoms with E-state index in [0.717, 1.165) is 60.8 Å². The molecule has 1 aromatic carbocycles. The van der Waals surface area contributed by atoms with Crippen molar-refractivity contribution in [1.29, 1.82) is 0 Å². The zero-order valence-electron chi connectivity index (χ0n) is 23.4. The smallest absolute Gasteiger partial charge is 0.333 e. The van der Waals surface area contributed by atoms with E-state index in [4.69, 9.17) is 19.3 Å². The molecule has 1 N–H and O–H groups in total. The van der Waals surface area contributed by atoms with Gasteiger partial charge in [0, 0.05) is 12.1 Å². The summed E-state index contributed by atoms with van der Waals surface area (Å²) in [6.45, 7) is 11.7. The second-order valence-electron chi connectivity index (χ2n) is 12.5. The van der Waals surface area contributed by atoms with Crippen LogP contribution in [0.4, 0.5) is 0 Å². The zero-order chi connectivity index (χ0) is 27.5. The van der Waals surface area contributed by atoms with Gasteiger partial charge in [-0.1, -0.05) is 51.1 Å². The number of aromatic nitrogens is 2. The molecular formula is C30H43BrN2O5. The lowest BCUT2D eigenvalue weighted by molar-refractivity contribution is -0.159. The lowest BCUT2D eigenvalue weighted by atomic mass is 9.82. The first-order chi connectivity index (χ1) is 17.9. The van der Waals surface area contributed by atoms with Crippen molar-refractivity contribution in [2.24, 2.45) is 17.3 Å². The lowest BCUT2D eigenvalue weighted by Gasteiger charge is -2.32. The van der Waals surface area contributed by atoms with E-state index in [1.807, 2.05) is 52.8 Å². The van der Waals surface area contributed by atoms with Crippen LogP contribution in [-0.2, 0) is 32.0 Å². The SMILES string of the molecule is CC1(C)OCC(CCc2c(Br)c(-c3ccccc3)nn2CC2CCC(COC(C(=O)O)C(C)(C)C)CC2)O1. The summed E-state index contributed by atoms with van der Waals surface area (Å²) < 4.78 is 21.0. The van der Waals surface area contributed by atoms with E-state index in [2.05, 4.69) is 32.7 Å². The molecule has 8 heteroatoms. The number of aliphatic carboxylic acids is 1. The zero-order valence-corrected chi connectivity index (χ0v) is 25.0. The summed E-state index contributed by atoms with van der Waals surface area (Å²) in [5.74, 6) is -0.461. The van der Waals surface area contributed by atoms with Crippen molar-refractivity contribution < 1.29 is 24.1 Å². The molecule has 2 atom stereocenters. The number of rotatable bonds is 10. The maximum Gasteiger partial charge on any atom is 0.333 e. The van der Waals surface area contributed by atoms with Crippen LogP contribution in [-0.4, -0.2) is 52.1 Å². The number of carboxylic acids is 1. The number of carbonyl (C=O) groups is 1. The second kappa shape index (κ2) is 12.2. The minimum absolute atomic E-state index is 0.0820. The molecule has 2 aliphatic rings. The van der Waals surface area contributed by atoms with Crippen LogP contribution in [0, 0.1) is 17.3 Å². The molecule has 0 bridgehead atoms. The highest BCUT2D eigenvalue weighted by Gasteiger charge is 2.34. The maximum absolute atomic E-state index is 11.7. The Hall–Kier alpha value is -1.74. The molecule has 1 saturated heterocycles. The predicted octanol–water partition coefficient (Wildman–Crippen LogP) is 6.72. The molecule has 4 rings (SSSR count). The van der Waals surface area contributed by atoms with Crippen molar-refractivity contribution in [3.8, 4) is 11.3 Å². The first-order valence-electron chi connectivity index (χ1n) is 13.9. The van der Waals surface area contributed by atoms with Crippen LogP contribution >= 0.6 is 15.9 Å². The van der Waals surface area contributed by atoms with Crippen molar-refractivity contribution >= 4 is 21.9 Å². The molecule has 2 heterocycles. The molecule has 7 nitrogen and oxygen atoms in total. The van der Waals surface area contributed by atoms with Crippen LogP contribution in [0.25, 0.3) is 11.3 Å². The lowest BCUT2D eigenvalue weighted by Crippen LogP contribution is -2.38. The minimum atomic E-state index is -0.879. The molecule has 1 aromatic heterocycles. The molecule has 0 amide bonds. The monoisotopic (exact) mass is 590 g/mol. The molecule has 2 fully saturated rings. The summed E-state index contributed by atoms with van der Waals surface area (Å²) in [5.41, 5.74) is 2.87. The number of benzene rings is 1. The Kier molecular flexibility index (Phi) is 9.38. The van der Waals surface area contributed by atoms with Crippen LogP contribution in [0.3, 0.4) is 0 Å². The number of halogens is 1. The maximum atomic E-state index is 11.7. The molecular weight excluding hydrogens is 548 g/mol. The van der Waals surface area contributed by atoms with Crippen LogP contribution in [0.1, 0.15) is 72.4 Å². The largest absolute Gasteiger partial charge is 0.479 e. The third-order valence-electron chi connectivity index (χ3n) is 7.72. The highest BCUT2D eigenvalue weighted by Crippen LogP contribution is 2.36. The van der Waals surface area contributed by atoms with Crippen molar-refractivity contribution in [2.45, 2.75) is 97.7 Å². The average Bonchev–Trinajstić information content (AvgIpc) is 3.36. The number of hydrogen-bond acceptors (Lipinski definition) is 5. The number of hydrogen-bond donors (Lipinski definition) is 1. The fourth-order valence-electron chi connectivity index (χ4n) is 5.60. The Morgan fingerprint density at radius 3 is 2.42 bits per heavy atom. The second-order valence-corrected chi connectivity index (χ2v) is 13.2. The fraction of sp³-hybridized carbons (Fsp3) is 0.667. The Labute approximate surface area is 235 Å². The molecule has 2 unspecified atom stereocenters. The molecule has 2 aromatic rings. The third kappa shape index (κ3) is 7.46. The van der Waals surface area contributed by atoms with Gasteiger partial charge in [0.15, 0.2) is 11.9 Å². The van der Waals surface area contributed by atoms with Crippen LogP contribution in [0.5, 0.6) is 0 Å². The van der Waals surface area contributed by atoms with Gasteiger partial charge in [-0.25, -0.2) is 4.79 Å². The Bertz CT molecular complexity index is 1070. The van der Waals surface area contributed by atoms with E-state index in [1.165, 1.54) is 5.69 Å². The van der Waals surface area contributed by atoms with Crippen molar-refractivity contribution in [3.63, 3.8) is 0 Å². The van der Waals surface area contributed by atoms with E-state index in [1.54, 1.807) is 0 Å².